The summed E-state index contributed by atoms with van der Waals surface area (Å²) in [7, 11) is 0. The zero-order chi connectivity index (χ0) is 25.7. The fourth-order valence-electron chi connectivity index (χ4n) is 9.95. The van der Waals surface area contributed by atoms with Crippen molar-refractivity contribution in [3.05, 3.63) is 11.6 Å². The van der Waals surface area contributed by atoms with Gasteiger partial charge >= 0.3 is 0 Å². The molecule has 4 aliphatic carbocycles. The summed E-state index contributed by atoms with van der Waals surface area (Å²) in [5.74, 6) is 3.61. The summed E-state index contributed by atoms with van der Waals surface area (Å²) in [4.78, 5) is 0. The third-order valence-electron chi connectivity index (χ3n) is 12.0. The monoisotopic (exact) mass is 502 g/mol. The number of allylic oxidation sites excluding steroid dienone is 1. The predicted molar refractivity (Wildman–Crippen MR) is 144 cm³/mol. The molecule has 0 bridgehead atoms. The van der Waals surface area contributed by atoms with Gasteiger partial charge in [-0.15, -0.1) is 0 Å². The van der Waals surface area contributed by atoms with Crippen molar-refractivity contribution >= 4 is 0 Å². The molecule has 0 aromatic heterocycles. The van der Waals surface area contributed by atoms with E-state index in [4.69, 9.17) is 9.47 Å². The molecule has 4 heteroatoms. The van der Waals surface area contributed by atoms with Gasteiger partial charge in [0.1, 0.15) is 0 Å². The first kappa shape index (κ1) is 27.2. The van der Waals surface area contributed by atoms with Crippen molar-refractivity contribution in [2.45, 2.75) is 142 Å². The minimum atomic E-state index is -0.398. The van der Waals surface area contributed by atoms with E-state index in [-0.39, 0.29) is 23.4 Å². The van der Waals surface area contributed by atoms with Gasteiger partial charge in [-0.25, -0.2) is 0 Å². The smallest absolute Gasteiger partial charge is 0.158 e. The van der Waals surface area contributed by atoms with E-state index < -0.39 is 6.10 Å². The second-order valence-electron chi connectivity index (χ2n) is 14.5. The Bertz CT molecular complexity index is 800. The van der Waals surface area contributed by atoms with Crippen LogP contribution in [0.2, 0.25) is 0 Å². The van der Waals surface area contributed by atoms with Gasteiger partial charge in [-0.1, -0.05) is 45.3 Å². The van der Waals surface area contributed by atoms with Gasteiger partial charge in [0.05, 0.1) is 17.8 Å². The first-order valence-corrected chi connectivity index (χ1v) is 15.4. The van der Waals surface area contributed by atoms with E-state index in [2.05, 4.69) is 40.7 Å². The van der Waals surface area contributed by atoms with Crippen molar-refractivity contribution in [2.75, 3.05) is 6.61 Å². The van der Waals surface area contributed by atoms with Gasteiger partial charge in [-0.05, 0) is 113 Å². The first-order chi connectivity index (χ1) is 17.0. The van der Waals surface area contributed by atoms with Crippen LogP contribution in [0.25, 0.3) is 0 Å². The summed E-state index contributed by atoms with van der Waals surface area (Å²) in [5, 5.41) is 21.5. The van der Waals surface area contributed by atoms with Crippen LogP contribution in [0.4, 0.5) is 0 Å². The summed E-state index contributed by atoms with van der Waals surface area (Å²) in [5.41, 5.74) is 1.55. The van der Waals surface area contributed by atoms with E-state index in [0.717, 1.165) is 50.0 Å². The lowest BCUT2D eigenvalue weighted by Gasteiger charge is -2.59. The normalized spacial score (nSPS) is 45.9. The van der Waals surface area contributed by atoms with Gasteiger partial charge in [0.15, 0.2) is 6.29 Å². The Balaban J connectivity index is 1.20. The fourth-order valence-corrected chi connectivity index (χ4v) is 9.95. The largest absolute Gasteiger partial charge is 0.393 e. The molecule has 1 unspecified atom stereocenters. The third kappa shape index (κ3) is 4.87. The number of rotatable bonds is 7. The standard InChI is InChI=1S/C32H54O4/c1-21(9-8-16-30(2,3)36-29-10-6-7-18-35-29)25-13-14-26-24-12-11-22-19-23(33)20-28(34)32(22,5)27(24)15-17-31(25,26)4/h11,21,23-29,33-34H,6-10,12-20H2,1-5H3/t21-,23-,24+,25-,26+,27+,28+,29?,31-,32+/m1/s1. The lowest BCUT2D eigenvalue weighted by Crippen LogP contribution is -2.55. The first-order valence-electron chi connectivity index (χ1n) is 15.4. The van der Waals surface area contributed by atoms with Crippen LogP contribution in [0.15, 0.2) is 11.6 Å². The van der Waals surface area contributed by atoms with Gasteiger partial charge in [0.25, 0.3) is 0 Å². The van der Waals surface area contributed by atoms with E-state index in [1.165, 1.54) is 56.9 Å². The maximum atomic E-state index is 11.2. The fraction of sp³-hybridized carbons (Fsp3) is 0.938. The molecule has 4 fully saturated rings. The molecule has 36 heavy (non-hydrogen) atoms. The second kappa shape index (κ2) is 10.3. The highest BCUT2D eigenvalue weighted by molar-refractivity contribution is 5.27. The van der Waals surface area contributed by atoms with Crippen LogP contribution in [-0.4, -0.2) is 40.9 Å². The zero-order valence-corrected chi connectivity index (χ0v) is 23.8. The van der Waals surface area contributed by atoms with E-state index in [9.17, 15) is 10.2 Å². The molecule has 0 aromatic carbocycles. The Morgan fingerprint density at radius 2 is 1.92 bits per heavy atom. The van der Waals surface area contributed by atoms with Crippen molar-refractivity contribution in [1.29, 1.82) is 0 Å². The summed E-state index contributed by atoms with van der Waals surface area (Å²) >= 11 is 0. The van der Waals surface area contributed by atoms with E-state index in [1.54, 1.807) is 0 Å². The van der Waals surface area contributed by atoms with Crippen LogP contribution < -0.4 is 0 Å². The Morgan fingerprint density at radius 3 is 2.67 bits per heavy atom. The van der Waals surface area contributed by atoms with Gasteiger partial charge in [0.2, 0.25) is 0 Å². The number of aliphatic hydroxyl groups excluding tert-OH is 2. The van der Waals surface area contributed by atoms with Crippen LogP contribution in [0, 0.1) is 40.4 Å². The molecule has 0 aromatic rings. The molecule has 5 rings (SSSR count). The van der Waals surface area contributed by atoms with E-state index in [1.807, 2.05) is 0 Å². The lowest BCUT2D eigenvalue weighted by molar-refractivity contribution is -0.217. The zero-order valence-electron chi connectivity index (χ0n) is 23.8. The van der Waals surface area contributed by atoms with Crippen molar-refractivity contribution in [3.8, 4) is 0 Å². The van der Waals surface area contributed by atoms with Crippen molar-refractivity contribution in [3.63, 3.8) is 0 Å². The highest BCUT2D eigenvalue weighted by Crippen LogP contribution is 2.67. The topological polar surface area (TPSA) is 58.9 Å². The minimum Gasteiger partial charge on any atom is -0.393 e. The Kier molecular flexibility index (Phi) is 7.76. The molecule has 5 aliphatic rings. The Hall–Kier alpha value is -0.420. The molecule has 10 atom stereocenters. The highest BCUT2D eigenvalue weighted by atomic mass is 16.7. The maximum absolute atomic E-state index is 11.2. The molecule has 1 heterocycles. The van der Waals surface area contributed by atoms with Crippen molar-refractivity contribution in [1.82, 2.24) is 0 Å². The van der Waals surface area contributed by atoms with Crippen LogP contribution >= 0.6 is 0 Å². The number of aliphatic hydroxyl groups is 2. The van der Waals surface area contributed by atoms with Gasteiger partial charge in [-0.3, -0.25) is 0 Å². The Morgan fingerprint density at radius 1 is 1.11 bits per heavy atom. The van der Waals surface area contributed by atoms with Crippen molar-refractivity contribution < 1.29 is 19.7 Å². The SMILES string of the molecule is C[C@H](CCCC(C)(C)OC1CCCCO1)[C@H]1CC[C@H]2[C@@H]3CC=C4C[C@@H](O)C[C@H](O)[C@]4(C)[C@H]3CC[C@]12C. The molecule has 3 saturated carbocycles. The van der Waals surface area contributed by atoms with Gasteiger partial charge in [-0.2, -0.15) is 0 Å². The summed E-state index contributed by atoms with van der Waals surface area (Å²) in [6.07, 6.45) is 16.5. The molecule has 1 saturated heterocycles. The Labute approximate surface area is 220 Å². The number of ether oxygens (including phenoxy) is 2. The minimum absolute atomic E-state index is 0.00581. The average Bonchev–Trinajstić information content (AvgIpc) is 3.17. The van der Waals surface area contributed by atoms with Crippen LogP contribution in [0.3, 0.4) is 0 Å². The molecule has 2 N–H and O–H groups in total. The molecule has 4 nitrogen and oxygen atoms in total. The van der Waals surface area contributed by atoms with Crippen LogP contribution in [0.1, 0.15) is 118 Å². The maximum Gasteiger partial charge on any atom is 0.158 e. The quantitative estimate of drug-likeness (QED) is 0.367. The van der Waals surface area contributed by atoms with Gasteiger partial charge in [0, 0.05) is 18.4 Å². The van der Waals surface area contributed by atoms with E-state index in [0.29, 0.717) is 23.7 Å². The van der Waals surface area contributed by atoms with Crippen LogP contribution in [-0.2, 0) is 9.47 Å². The molecule has 1 aliphatic heterocycles. The summed E-state index contributed by atoms with van der Waals surface area (Å²) in [6.45, 7) is 12.8. The highest BCUT2D eigenvalue weighted by Gasteiger charge is 2.60. The van der Waals surface area contributed by atoms with E-state index >= 15 is 0 Å². The molecular weight excluding hydrogens is 448 g/mol. The van der Waals surface area contributed by atoms with Gasteiger partial charge < -0.3 is 19.7 Å². The molecular formula is C32H54O4. The number of hydrogen-bond donors (Lipinski definition) is 2. The summed E-state index contributed by atoms with van der Waals surface area (Å²) in [6, 6.07) is 0. The molecule has 206 valence electrons. The predicted octanol–water partition coefficient (Wildman–Crippen LogP) is 7.03. The number of hydrogen-bond acceptors (Lipinski definition) is 4. The van der Waals surface area contributed by atoms with Crippen molar-refractivity contribution in [2.24, 2.45) is 40.4 Å². The third-order valence-corrected chi connectivity index (χ3v) is 12.0. The van der Waals surface area contributed by atoms with Crippen LogP contribution in [0.5, 0.6) is 0 Å². The average molecular weight is 503 g/mol. The molecule has 0 spiro atoms. The molecule has 0 amide bonds. The summed E-state index contributed by atoms with van der Waals surface area (Å²) < 4.78 is 12.2. The lowest BCUT2D eigenvalue weighted by atomic mass is 9.46. The molecule has 0 radical (unpaired) electrons. The second-order valence-corrected chi connectivity index (χ2v) is 14.5. The number of fused-ring (bicyclic) bond motifs is 5.